The smallest absolute Gasteiger partial charge is 0.312 e. The monoisotopic (exact) mass is 299 g/mol. The molecular weight excluding hydrogens is 277 g/mol. The lowest BCUT2D eigenvalue weighted by Gasteiger charge is -2.21. The number of ether oxygens (including phenoxy) is 2. The van der Waals surface area contributed by atoms with Gasteiger partial charge in [0.05, 0.1) is 12.0 Å². The van der Waals surface area contributed by atoms with Gasteiger partial charge in [0.2, 0.25) is 0 Å². The van der Waals surface area contributed by atoms with E-state index in [1.54, 1.807) is 21.0 Å². The fourth-order valence-corrected chi connectivity index (χ4v) is 1.54. The van der Waals surface area contributed by atoms with Crippen molar-refractivity contribution in [3.8, 4) is 5.75 Å². The molecular formula is C15H22FNO4. The summed E-state index contributed by atoms with van der Waals surface area (Å²) in [5.74, 6) is -0.816. The summed E-state index contributed by atoms with van der Waals surface area (Å²) in [6.07, 6.45) is 0. The lowest BCUT2D eigenvalue weighted by atomic mass is 9.95. The average molecular weight is 299 g/mol. The van der Waals surface area contributed by atoms with Gasteiger partial charge in [0.15, 0.2) is 0 Å². The van der Waals surface area contributed by atoms with Crippen LogP contribution < -0.4 is 10.1 Å². The van der Waals surface area contributed by atoms with Crippen molar-refractivity contribution in [1.82, 2.24) is 5.32 Å². The Morgan fingerprint density at radius 3 is 2.76 bits per heavy atom. The second kappa shape index (κ2) is 7.95. The molecule has 0 aromatic heterocycles. The summed E-state index contributed by atoms with van der Waals surface area (Å²) >= 11 is 0. The average Bonchev–Trinajstić information content (AvgIpc) is 2.42. The van der Waals surface area contributed by atoms with E-state index in [9.17, 15) is 9.18 Å². The van der Waals surface area contributed by atoms with Gasteiger partial charge in [-0.3, -0.25) is 4.79 Å². The SMILES string of the molecule is COCCNCc1cc(F)ccc1OCC(C)(C)C(=O)O. The highest BCUT2D eigenvalue weighted by atomic mass is 19.1. The van der Waals surface area contributed by atoms with Gasteiger partial charge in [-0.2, -0.15) is 0 Å². The second-order valence-electron chi connectivity index (χ2n) is 5.40. The molecule has 1 aromatic carbocycles. The normalized spacial score (nSPS) is 11.4. The van der Waals surface area contributed by atoms with E-state index in [4.69, 9.17) is 14.6 Å². The maximum atomic E-state index is 13.3. The highest BCUT2D eigenvalue weighted by molar-refractivity contribution is 5.73. The number of hydrogen-bond donors (Lipinski definition) is 2. The van der Waals surface area contributed by atoms with E-state index in [1.807, 2.05) is 0 Å². The van der Waals surface area contributed by atoms with Crippen LogP contribution in [0.25, 0.3) is 0 Å². The van der Waals surface area contributed by atoms with Crippen LogP contribution in [0.5, 0.6) is 5.75 Å². The molecule has 0 aliphatic heterocycles. The Kier molecular flexibility index (Phi) is 6.58. The Morgan fingerprint density at radius 1 is 1.43 bits per heavy atom. The van der Waals surface area contributed by atoms with Gasteiger partial charge in [-0.05, 0) is 32.0 Å². The summed E-state index contributed by atoms with van der Waals surface area (Å²) in [6, 6.07) is 4.19. The lowest BCUT2D eigenvalue weighted by molar-refractivity contribution is -0.148. The number of carboxylic acids is 1. The van der Waals surface area contributed by atoms with E-state index in [1.165, 1.54) is 18.2 Å². The van der Waals surface area contributed by atoms with E-state index < -0.39 is 11.4 Å². The fraction of sp³-hybridized carbons (Fsp3) is 0.533. The van der Waals surface area contributed by atoms with Gasteiger partial charge in [0.1, 0.15) is 18.2 Å². The molecule has 0 heterocycles. The van der Waals surface area contributed by atoms with Gasteiger partial charge >= 0.3 is 5.97 Å². The Balaban J connectivity index is 2.70. The second-order valence-corrected chi connectivity index (χ2v) is 5.40. The molecule has 0 bridgehead atoms. The van der Waals surface area contributed by atoms with Crippen LogP contribution in [-0.2, 0) is 16.1 Å². The predicted molar refractivity (Wildman–Crippen MR) is 76.9 cm³/mol. The Hall–Kier alpha value is -1.66. The van der Waals surface area contributed by atoms with Gasteiger partial charge < -0.3 is 19.9 Å². The molecule has 0 fully saturated rings. The first-order chi connectivity index (χ1) is 9.86. The van der Waals surface area contributed by atoms with Crippen LogP contribution >= 0.6 is 0 Å². The number of rotatable bonds is 9. The van der Waals surface area contributed by atoms with E-state index in [-0.39, 0.29) is 12.4 Å². The van der Waals surface area contributed by atoms with Crippen molar-refractivity contribution in [3.63, 3.8) is 0 Å². The molecule has 0 unspecified atom stereocenters. The van der Waals surface area contributed by atoms with Crippen LogP contribution in [0.1, 0.15) is 19.4 Å². The van der Waals surface area contributed by atoms with Gasteiger partial charge in [-0.1, -0.05) is 0 Å². The molecule has 2 N–H and O–H groups in total. The maximum Gasteiger partial charge on any atom is 0.312 e. The Morgan fingerprint density at radius 2 is 2.14 bits per heavy atom. The van der Waals surface area contributed by atoms with E-state index >= 15 is 0 Å². The first-order valence-electron chi connectivity index (χ1n) is 6.71. The molecule has 0 amide bonds. The lowest BCUT2D eigenvalue weighted by Crippen LogP contribution is -2.31. The predicted octanol–water partition coefficient (Wildman–Crippen LogP) is 2.05. The zero-order valence-corrected chi connectivity index (χ0v) is 12.6. The Labute approximate surface area is 124 Å². The quantitative estimate of drug-likeness (QED) is 0.683. The van der Waals surface area contributed by atoms with Crippen molar-refractivity contribution >= 4 is 5.97 Å². The van der Waals surface area contributed by atoms with Gasteiger partial charge in [-0.15, -0.1) is 0 Å². The largest absolute Gasteiger partial charge is 0.492 e. The molecule has 0 saturated carbocycles. The molecule has 0 aliphatic carbocycles. The molecule has 1 aromatic rings. The number of carbonyl (C=O) groups is 1. The minimum atomic E-state index is -1.00. The number of nitrogens with one attached hydrogen (secondary N) is 1. The van der Waals surface area contributed by atoms with Crippen molar-refractivity contribution in [3.05, 3.63) is 29.6 Å². The van der Waals surface area contributed by atoms with Crippen molar-refractivity contribution < 1.29 is 23.8 Å². The third-order valence-electron chi connectivity index (χ3n) is 2.99. The molecule has 0 aliphatic rings. The van der Waals surface area contributed by atoms with Gasteiger partial charge in [-0.25, -0.2) is 4.39 Å². The van der Waals surface area contributed by atoms with Crippen LogP contribution in [0.4, 0.5) is 4.39 Å². The third kappa shape index (κ3) is 5.69. The van der Waals surface area contributed by atoms with E-state index in [0.29, 0.717) is 31.0 Å². The Bertz CT molecular complexity index is 477. The summed E-state index contributed by atoms with van der Waals surface area (Å²) in [7, 11) is 1.60. The van der Waals surface area contributed by atoms with Crippen molar-refractivity contribution in [2.75, 3.05) is 26.9 Å². The first-order valence-corrected chi connectivity index (χ1v) is 6.71. The van der Waals surface area contributed by atoms with E-state index in [0.717, 1.165) is 0 Å². The van der Waals surface area contributed by atoms with Crippen molar-refractivity contribution in [2.45, 2.75) is 20.4 Å². The minimum Gasteiger partial charge on any atom is -0.492 e. The van der Waals surface area contributed by atoms with Crippen LogP contribution in [0.15, 0.2) is 18.2 Å². The summed E-state index contributed by atoms with van der Waals surface area (Å²) < 4.78 is 23.8. The minimum absolute atomic E-state index is 0.0129. The van der Waals surface area contributed by atoms with Gasteiger partial charge in [0, 0.05) is 25.8 Å². The van der Waals surface area contributed by atoms with Crippen molar-refractivity contribution in [2.24, 2.45) is 5.41 Å². The zero-order chi connectivity index (χ0) is 15.9. The van der Waals surface area contributed by atoms with Crippen LogP contribution in [-0.4, -0.2) is 37.9 Å². The van der Waals surface area contributed by atoms with Crippen molar-refractivity contribution in [1.29, 1.82) is 0 Å². The molecule has 0 spiro atoms. The van der Waals surface area contributed by atoms with E-state index in [2.05, 4.69) is 5.32 Å². The highest BCUT2D eigenvalue weighted by Gasteiger charge is 2.28. The van der Waals surface area contributed by atoms with Gasteiger partial charge in [0.25, 0.3) is 0 Å². The summed E-state index contributed by atoms with van der Waals surface area (Å²) in [5, 5.41) is 12.2. The molecule has 5 nitrogen and oxygen atoms in total. The number of methoxy groups -OCH3 is 1. The standard InChI is InChI=1S/C15H22FNO4/c1-15(2,14(18)19)10-21-13-5-4-12(16)8-11(13)9-17-6-7-20-3/h4-5,8,17H,6-7,9-10H2,1-3H3,(H,18,19). The summed E-state index contributed by atoms with van der Waals surface area (Å²) in [4.78, 5) is 11.1. The van der Waals surface area contributed by atoms with Crippen LogP contribution in [0.2, 0.25) is 0 Å². The molecule has 0 atom stereocenters. The molecule has 118 valence electrons. The number of carboxylic acid groups (broad SMARTS) is 1. The molecule has 21 heavy (non-hydrogen) atoms. The summed E-state index contributed by atoms with van der Waals surface area (Å²) in [6.45, 7) is 4.78. The zero-order valence-electron chi connectivity index (χ0n) is 12.6. The van der Waals surface area contributed by atoms with Crippen LogP contribution in [0.3, 0.4) is 0 Å². The van der Waals surface area contributed by atoms with Crippen LogP contribution in [0, 0.1) is 11.2 Å². The molecule has 6 heteroatoms. The number of halogens is 1. The third-order valence-corrected chi connectivity index (χ3v) is 2.99. The number of hydrogen-bond acceptors (Lipinski definition) is 4. The molecule has 0 saturated heterocycles. The maximum absolute atomic E-state index is 13.3. The number of benzene rings is 1. The fourth-order valence-electron chi connectivity index (χ4n) is 1.54. The highest BCUT2D eigenvalue weighted by Crippen LogP contribution is 2.23. The topological polar surface area (TPSA) is 67.8 Å². The number of aliphatic carboxylic acids is 1. The molecule has 0 radical (unpaired) electrons. The summed E-state index contributed by atoms with van der Waals surface area (Å²) in [5.41, 5.74) is -0.359. The molecule has 1 rings (SSSR count). The first kappa shape index (κ1) is 17.4.